The van der Waals surface area contributed by atoms with Gasteiger partial charge in [0, 0.05) is 49.1 Å². The Balaban J connectivity index is 1.81. The molecule has 1 amide bonds. The Hall–Kier alpha value is -4.12. The predicted molar refractivity (Wildman–Crippen MR) is 170 cm³/mol. The fraction of sp³-hybridized carbons (Fsp3) is 0.441. The van der Waals surface area contributed by atoms with Crippen LogP contribution in [0, 0.1) is 0 Å². The van der Waals surface area contributed by atoms with Crippen molar-refractivity contribution in [2.75, 3.05) is 31.2 Å². The van der Waals surface area contributed by atoms with E-state index in [-0.39, 0.29) is 12.0 Å². The van der Waals surface area contributed by atoms with Crippen molar-refractivity contribution in [3.63, 3.8) is 0 Å². The van der Waals surface area contributed by atoms with Crippen LogP contribution in [-0.4, -0.2) is 63.8 Å². The van der Waals surface area contributed by atoms with Gasteiger partial charge >= 0.3 is 12.1 Å². The van der Waals surface area contributed by atoms with Crippen molar-refractivity contribution in [3.8, 4) is 0 Å². The second-order valence-electron chi connectivity index (χ2n) is 11.3. The van der Waals surface area contributed by atoms with Crippen LogP contribution in [-0.2, 0) is 17.7 Å². The van der Waals surface area contributed by atoms with Crippen LogP contribution in [0.15, 0.2) is 72.0 Å². The maximum atomic E-state index is 13.8. The highest BCUT2D eigenvalue weighted by Crippen LogP contribution is 2.33. The van der Waals surface area contributed by atoms with Gasteiger partial charge in [0.1, 0.15) is 12.3 Å². The molecule has 244 valence electrons. The molecule has 1 atom stereocenters. The minimum absolute atomic E-state index is 0.136. The summed E-state index contributed by atoms with van der Waals surface area (Å²) in [5, 5.41) is 14.0. The van der Waals surface area contributed by atoms with Crippen molar-refractivity contribution in [2.24, 2.45) is 0 Å². The Bertz CT molecular complexity index is 1460. The van der Waals surface area contributed by atoms with Crippen molar-refractivity contribution in [2.45, 2.75) is 72.4 Å². The minimum Gasteiger partial charge on any atom is -0.478 e. The monoisotopic (exact) mass is 628 g/mol. The summed E-state index contributed by atoms with van der Waals surface area (Å²) in [6.07, 6.45) is 9.95. The van der Waals surface area contributed by atoms with E-state index in [1.807, 2.05) is 53.0 Å². The zero-order valence-electron chi connectivity index (χ0n) is 26.7. The number of carboxylic acids is 1. The number of anilines is 1. The molecular formula is C34H43F3N4O4. The SMILES string of the molecule is CC/C(=C\C=C(C)C)n1cc(CN(CC)CCC2(CC)CN(c3ccc(C(=O)O)cc3)C(=O)O2)c(C/C=C\C(F)=C(\F)CF)n1. The fourth-order valence-electron chi connectivity index (χ4n) is 4.99. The van der Waals surface area contributed by atoms with Crippen LogP contribution in [0.2, 0.25) is 0 Å². The molecule has 0 saturated carbocycles. The molecule has 3 rings (SSSR count). The Labute approximate surface area is 263 Å². The molecule has 1 aliphatic heterocycles. The van der Waals surface area contributed by atoms with E-state index in [1.165, 1.54) is 23.1 Å². The molecule has 0 spiro atoms. The third-order valence-corrected chi connectivity index (χ3v) is 7.86. The number of carbonyl (C=O) groups excluding carboxylic acids is 1. The van der Waals surface area contributed by atoms with E-state index in [0.29, 0.717) is 50.4 Å². The molecule has 0 bridgehead atoms. The van der Waals surface area contributed by atoms with Crippen LogP contribution in [0.4, 0.5) is 23.7 Å². The summed E-state index contributed by atoms with van der Waals surface area (Å²) >= 11 is 0. The zero-order valence-corrected chi connectivity index (χ0v) is 26.7. The van der Waals surface area contributed by atoms with Crippen molar-refractivity contribution >= 4 is 23.4 Å². The molecule has 1 saturated heterocycles. The van der Waals surface area contributed by atoms with Crippen LogP contribution in [0.3, 0.4) is 0 Å². The Kier molecular flexibility index (Phi) is 12.8. The molecule has 1 aromatic carbocycles. The summed E-state index contributed by atoms with van der Waals surface area (Å²) in [6.45, 7) is 10.7. The van der Waals surface area contributed by atoms with Crippen molar-refractivity contribution in [3.05, 3.63) is 88.8 Å². The Morgan fingerprint density at radius 1 is 1.16 bits per heavy atom. The number of halogens is 3. The maximum absolute atomic E-state index is 13.8. The molecule has 0 aliphatic carbocycles. The number of carbonyl (C=O) groups is 2. The van der Waals surface area contributed by atoms with Crippen LogP contribution in [0.25, 0.3) is 5.70 Å². The van der Waals surface area contributed by atoms with E-state index in [9.17, 15) is 27.9 Å². The van der Waals surface area contributed by atoms with Crippen molar-refractivity contribution in [1.82, 2.24) is 14.7 Å². The molecule has 2 heterocycles. The van der Waals surface area contributed by atoms with Gasteiger partial charge in [-0.3, -0.25) is 9.80 Å². The van der Waals surface area contributed by atoms with E-state index in [0.717, 1.165) is 29.3 Å². The smallest absolute Gasteiger partial charge is 0.415 e. The number of amides is 1. The maximum Gasteiger partial charge on any atom is 0.415 e. The minimum atomic E-state index is -1.50. The third kappa shape index (κ3) is 9.43. The number of benzene rings is 1. The third-order valence-electron chi connectivity index (χ3n) is 7.86. The number of rotatable bonds is 16. The topological polar surface area (TPSA) is 87.9 Å². The lowest BCUT2D eigenvalue weighted by Gasteiger charge is -2.29. The number of allylic oxidation sites excluding steroid dienone is 8. The average molecular weight is 629 g/mol. The Morgan fingerprint density at radius 3 is 2.44 bits per heavy atom. The van der Waals surface area contributed by atoms with E-state index in [1.54, 1.807) is 16.8 Å². The van der Waals surface area contributed by atoms with Gasteiger partial charge in [-0.2, -0.15) is 5.10 Å². The van der Waals surface area contributed by atoms with Gasteiger partial charge < -0.3 is 9.84 Å². The lowest BCUT2D eigenvalue weighted by Crippen LogP contribution is -2.38. The molecule has 1 aliphatic rings. The number of alkyl halides is 1. The van der Waals surface area contributed by atoms with Crippen LogP contribution < -0.4 is 4.90 Å². The normalized spacial score (nSPS) is 17.7. The van der Waals surface area contributed by atoms with Crippen LogP contribution in [0.5, 0.6) is 0 Å². The molecule has 45 heavy (non-hydrogen) atoms. The molecule has 0 radical (unpaired) electrons. The van der Waals surface area contributed by atoms with Gasteiger partial charge in [-0.1, -0.05) is 38.5 Å². The fourth-order valence-corrected chi connectivity index (χ4v) is 4.99. The van der Waals surface area contributed by atoms with E-state index >= 15 is 0 Å². The highest BCUT2D eigenvalue weighted by molar-refractivity contribution is 5.92. The Morgan fingerprint density at radius 2 is 1.87 bits per heavy atom. The molecule has 1 fully saturated rings. The standard InChI is InChI=1S/C34H43F3N4O4/c1-6-27(15-12-24(4)5)41-22-26(31(38-41)11-9-10-29(36)30(37)20-35)21-39(8-3)19-18-34(7-2)23-40(33(44)45-34)28-16-13-25(14-17-28)32(42)43/h9-10,12-17,22H,6-8,11,18-21,23H2,1-5H3,(H,42,43)/b10-9-,27-15+,30-29-. The lowest BCUT2D eigenvalue weighted by molar-refractivity contribution is 0.0367. The lowest BCUT2D eigenvalue weighted by atomic mass is 9.95. The summed E-state index contributed by atoms with van der Waals surface area (Å²) in [5.41, 5.74) is 3.67. The number of carboxylic acid groups (broad SMARTS) is 1. The van der Waals surface area contributed by atoms with Gasteiger partial charge in [-0.25, -0.2) is 27.4 Å². The number of aromatic carboxylic acids is 1. The largest absolute Gasteiger partial charge is 0.478 e. The number of hydrogen-bond acceptors (Lipinski definition) is 5. The number of aromatic nitrogens is 2. The van der Waals surface area contributed by atoms with Crippen LogP contribution >= 0.6 is 0 Å². The van der Waals surface area contributed by atoms with Gasteiger partial charge in [-0.05, 0) is 69.7 Å². The summed E-state index contributed by atoms with van der Waals surface area (Å²) in [5.74, 6) is -3.73. The summed E-state index contributed by atoms with van der Waals surface area (Å²) in [7, 11) is 0. The molecule has 2 aromatic rings. The molecule has 11 heteroatoms. The second kappa shape index (κ2) is 16.3. The van der Waals surface area contributed by atoms with E-state index < -0.39 is 36.0 Å². The van der Waals surface area contributed by atoms with Gasteiger partial charge in [0.05, 0.1) is 17.8 Å². The van der Waals surface area contributed by atoms with Gasteiger partial charge in [0.2, 0.25) is 0 Å². The molecular weight excluding hydrogens is 585 g/mol. The zero-order chi connectivity index (χ0) is 33.1. The summed E-state index contributed by atoms with van der Waals surface area (Å²) in [6, 6.07) is 6.13. The number of cyclic esters (lactones) is 1. The number of nitrogens with zero attached hydrogens (tertiary/aromatic N) is 4. The van der Waals surface area contributed by atoms with E-state index in [4.69, 9.17) is 9.84 Å². The second-order valence-corrected chi connectivity index (χ2v) is 11.3. The molecule has 1 aromatic heterocycles. The highest BCUT2D eigenvalue weighted by Gasteiger charge is 2.44. The van der Waals surface area contributed by atoms with Gasteiger partial charge in [0.25, 0.3) is 0 Å². The van der Waals surface area contributed by atoms with Crippen LogP contribution in [0.1, 0.15) is 75.5 Å². The van der Waals surface area contributed by atoms with Gasteiger partial charge in [-0.15, -0.1) is 0 Å². The first-order valence-electron chi connectivity index (χ1n) is 15.2. The predicted octanol–water partition coefficient (Wildman–Crippen LogP) is 8.03. The average Bonchev–Trinajstić information content (AvgIpc) is 3.59. The number of hydrogen-bond donors (Lipinski definition) is 1. The highest BCUT2D eigenvalue weighted by atomic mass is 19.2. The first-order chi connectivity index (χ1) is 21.4. The summed E-state index contributed by atoms with van der Waals surface area (Å²) < 4.78 is 47.4. The quantitative estimate of drug-likeness (QED) is 0.189. The van der Waals surface area contributed by atoms with Crippen molar-refractivity contribution < 1.29 is 32.6 Å². The molecule has 1 N–H and O–H groups in total. The first kappa shape index (κ1) is 35.4. The number of ether oxygens (including phenoxy) is 1. The summed E-state index contributed by atoms with van der Waals surface area (Å²) in [4.78, 5) is 27.9. The molecule has 8 nitrogen and oxygen atoms in total. The van der Waals surface area contributed by atoms with Gasteiger partial charge in [0.15, 0.2) is 11.7 Å². The first-order valence-corrected chi connectivity index (χ1v) is 15.2. The van der Waals surface area contributed by atoms with Crippen molar-refractivity contribution in [1.29, 1.82) is 0 Å². The molecule has 1 unspecified atom stereocenters. The van der Waals surface area contributed by atoms with E-state index in [2.05, 4.69) is 4.90 Å².